The van der Waals surface area contributed by atoms with Crippen LogP contribution in [0.15, 0.2) is 30.3 Å². The predicted octanol–water partition coefficient (Wildman–Crippen LogP) is 4.40. The third-order valence-electron chi connectivity index (χ3n) is 4.68. The van der Waals surface area contributed by atoms with E-state index in [1.807, 2.05) is 22.9 Å². The zero-order chi connectivity index (χ0) is 15.9. The Kier molecular flexibility index (Phi) is 3.90. The van der Waals surface area contributed by atoms with E-state index in [1.54, 1.807) is 0 Å². The van der Waals surface area contributed by atoms with Gasteiger partial charge in [-0.25, -0.2) is 4.68 Å². The van der Waals surface area contributed by atoms with E-state index in [0.29, 0.717) is 18.3 Å². The van der Waals surface area contributed by atoms with Crippen molar-refractivity contribution in [2.24, 2.45) is 11.8 Å². The van der Waals surface area contributed by atoms with Gasteiger partial charge in [0.1, 0.15) is 0 Å². The monoisotopic (exact) mass is 296 g/mol. The number of carbonyl (C=O) groups excluding carboxylic acids is 1. The lowest BCUT2D eigenvalue weighted by Crippen LogP contribution is -2.25. The molecule has 1 aliphatic rings. The maximum atomic E-state index is 12.7. The second kappa shape index (κ2) is 5.71. The third kappa shape index (κ3) is 2.49. The molecule has 2 aromatic rings. The quantitative estimate of drug-likeness (QED) is 0.841. The number of hydrogen-bond acceptors (Lipinski definition) is 2. The van der Waals surface area contributed by atoms with Gasteiger partial charge in [-0.1, -0.05) is 45.9 Å². The van der Waals surface area contributed by atoms with E-state index in [4.69, 9.17) is 5.10 Å². The highest BCUT2D eigenvalue weighted by Gasteiger charge is 2.34. The third-order valence-corrected chi connectivity index (χ3v) is 4.68. The first-order chi connectivity index (χ1) is 10.5. The number of para-hydroxylation sites is 1. The molecule has 1 aromatic heterocycles. The van der Waals surface area contributed by atoms with Crippen LogP contribution in [-0.4, -0.2) is 15.6 Å². The number of carbonyl (C=O) groups is 1. The van der Waals surface area contributed by atoms with Gasteiger partial charge in [-0.05, 0) is 36.3 Å². The zero-order valence-corrected chi connectivity index (χ0v) is 13.8. The molecule has 0 saturated heterocycles. The summed E-state index contributed by atoms with van der Waals surface area (Å²) in [5.41, 5.74) is 3.98. The molecule has 0 saturated carbocycles. The number of rotatable bonds is 3. The molecule has 0 radical (unpaired) electrons. The molecule has 22 heavy (non-hydrogen) atoms. The van der Waals surface area contributed by atoms with Gasteiger partial charge in [-0.2, -0.15) is 5.10 Å². The van der Waals surface area contributed by atoms with Gasteiger partial charge in [-0.3, -0.25) is 4.79 Å². The van der Waals surface area contributed by atoms with Crippen molar-refractivity contribution in [2.75, 3.05) is 0 Å². The number of aromatic nitrogens is 2. The highest BCUT2D eigenvalue weighted by atomic mass is 16.1. The predicted molar refractivity (Wildman–Crippen MR) is 88.6 cm³/mol. The van der Waals surface area contributed by atoms with E-state index < -0.39 is 0 Å². The van der Waals surface area contributed by atoms with E-state index >= 15 is 0 Å². The lowest BCUT2D eigenvalue weighted by molar-refractivity contribution is 0.0931. The molecule has 0 N–H and O–H groups in total. The topological polar surface area (TPSA) is 34.9 Å². The molecule has 3 heteroatoms. The molecule has 1 atom stereocenters. The van der Waals surface area contributed by atoms with E-state index in [-0.39, 0.29) is 11.7 Å². The van der Waals surface area contributed by atoms with Crippen molar-refractivity contribution in [3.05, 3.63) is 47.3 Å². The minimum Gasteiger partial charge on any atom is -0.294 e. The Balaban J connectivity index is 2.17. The van der Waals surface area contributed by atoms with Crippen LogP contribution < -0.4 is 0 Å². The summed E-state index contributed by atoms with van der Waals surface area (Å²) in [6.45, 7) is 8.63. The van der Waals surface area contributed by atoms with Gasteiger partial charge in [0.2, 0.25) is 0 Å². The van der Waals surface area contributed by atoms with Crippen LogP contribution in [0.4, 0.5) is 0 Å². The fourth-order valence-corrected chi connectivity index (χ4v) is 3.28. The summed E-state index contributed by atoms with van der Waals surface area (Å²) >= 11 is 0. The zero-order valence-electron chi connectivity index (χ0n) is 13.8. The van der Waals surface area contributed by atoms with Crippen molar-refractivity contribution in [3.8, 4) is 5.69 Å². The van der Waals surface area contributed by atoms with Gasteiger partial charge in [-0.15, -0.1) is 0 Å². The smallest absolute Gasteiger partial charge is 0.166 e. The minimum atomic E-state index is 0.262. The molecular formula is C19H24N2O. The first-order valence-electron chi connectivity index (χ1n) is 8.19. The number of Topliss-reactive ketones (excluding diaryl/α,β-unsaturated/α-hetero) is 1. The maximum Gasteiger partial charge on any atom is 0.166 e. The van der Waals surface area contributed by atoms with Crippen LogP contribution in [0.1, 0.15) is 61.8 Å². The van der Waals surface area contributed by atoms with Gasteiger partial charge in [0.05, 0.1) is 22.6 Å². The number of nitrogens with zero attached hydrogens (tertiary/aromatic N) is 2. The Morgan fingerprint density at radius 2 is 1.77 bits per heavy atom. The number of fused-ring (bicyclic) bond motifs is 1. The van der Waals surface area contributed by atoms with Gasteiger partial charge >= 0.3 is 0 Å². The van der Waals surface area contributed by atoms with Crippen molar-refractivity contribution >= 4 is 5.78 Å². The maximum absolute atomic E-state index is 12.7. The minimum absolute atomic E-state index is 0.262. The molecule has 1 heterocycles. The van der Waals surface area contributed by atoms with Gasteiger partial charge in [0.25, 0.3) is 0 Å². The SMILES string of the molecule is CC(C)c1nn(-c2ccccc2)c2c1C(=O)CC(C(C)C)C2. The summed E-state index contributed by atoms with van der Waals surface area (Å²) in [6, 6.07) is 10.2. The van der Waals surface area contributed by atoms with Crippen LogP contribution in [0.2, 0.25) is 0 Å². The van der Waals surface area contributed by atoms with E-state index in [1.165, 1.54) is 0 Å². The van der Waals surface area contributed by atoms with Crippen LogP contribution >= 0.6 is 0 Å². The number of ketones is 1. The van der Waals surface area contributed by atoms with E-state index in [9.17, 15) is 4.79 Å². The van der Waals surface area contributed by atoms with Crippen molar-refractivity contribution in [3.63, 3.8) is 0 Å². The van der Waals surface area contributed by atoms with Gasteiger partial charge < -0.3 is 0 Å². The Morgan fingerprint density at radius 3 is 2.36 bits per heavy atom. The largest absolute Gasteiger partial charge is 0.294 e. The van der Waals surface area contributed by atoms with Crippen molar-refractivity contribution in [1.82, 2.24) is 9.78 Å². The molecule has 1 aliphatic carbocycles. The molecule has 0 amide bonds. The normalized spacial score (nSPS) is 18.1. The first-order valence-corrected chi connectivity index (χ1v) is 8.19. The molecule has 116 valence electrons. The summed E-state index contributed by atoms with van der Waals surface area (Å²) in [5, 5.41) is 4.80. The lowest BCUT2D eigenvalue weighted by Gasteiger charge is -2.26. The molecule has 1 unspecified atom stereocenters. The molecule has 0 spiro atoms. The molecule has 3 nitrogen and oxygen atoms in total. The first kappa shape index (κ1) is 15.0. The molecule has 0 fully saturated rings. The van der Waals surface area contributed by atoms with Crippen molar-refractivity contribution in [1.29, 1.82) is 0 Å². The second-order valence-electron chi connectivity index (χ2n) is 6.94. The average molecular weight is 296 g/mol. The Bertz CT molecular complexity index is 683. The summed E-state index contributed by atoms with van der Waals surface area (Å²) in [7, 11) is 0. The van der Waals surface area contributed by atoms with Crippen LogP contribution in [0, 0.1) is 11.8 Å². The highest BCUT2D eigenvalue weighted by Crippen LogP contribution is 2.35. The fraction of sp³-hybridized carbons (Fsp3) is 0.474. The number of benzene rings is 1. The fourth-order valence-electron chi connectivity index (χ4n) is 3.28. The van der Waals surface area contributed by atoms with Gasteiger partial charge in [0.15, 0.2) is 5.78 Å². The average Bonchev–Trinajstić information content (AvgIpc) is 2.88. The van der Waals surface area contributed by atoms with Crippen LogP contribution in [-0.2, 0) is 6.42 Å². The standard InChI is InChI=1S/C19H24N2O/c1-12(2)14-10-16-18(17(22)11-14)19(13(3)4)20-21(16)15-8-6-5-7-9-15/h5-9,12-14H,10-11H2,1-4H3. The highest BCUT2D eigenvalue weighted by molar-refractivity contribution is 5.99. The van der Waals surface area contributed by atoms with Gasteiger partial charge in [0, 0.05) is 6.42 Å². The summed E-state index contributed by atoms with van der Waals surface area (Å²) in [5.74, 6) is 1.46. The molecular weight excluding hydrogens is 272 g/mol. The van der Waals surface area contributed by atoms with Crippen LogP contribution in [0.5, 0.6) is 0 Å². The van der Waals surface area contributed by atoms with E-state index in [2.05, 4.69) is 39.8 Å². The van der Waals surface area contributed by atoms with Crippen molar-refractivity contribution in [2.45, 2.75) is 46.5 Å². The van der Waals surface area contributed by atoms with Crippen molar-refractivity contribution < 1.29 is 4.79 Å². The molecule has 0 bridgehead atoms. The number of hydrogen-bond donors (Lipinski definition) is 0. The van der Waals surface area contributed by atoms with E-state index in [0.717, 1.165) is 29.1 Å². The van der Waals surface area contributed by atoms with Crippen LogP contribution in [0.25, 0.3) is 5.69 Å². The molecule has 3 rings (SSSR count). The van der Waals surface area contributed by atoms with Crippen LogP contribution in [0.3, 0.4) is 0 Å². The Hall–Kier alpha value is -1.90. The molecule has 1 aromatic carbocycles. The summed E-state index contributed by atoms with van der Waals surface area (Å²) in [4.78, 5) is 12.7. The second-order valence-corrected chi connectivity index (χ2v) is 6.94. The Labute approximate surface area is 132 Å². The summed E-state index contributed by atoms with van der Waals surface area (Å²) in [6.07, 6.45) is 1.60. The molecule has 0 aliphatic heterocycles. The lowest BCUT2D eigenvalue weighted by atomic mass is 9.79. The Morgan fingerprint density at radius 1 is 1.09 bits per heavy atom. The summed E-state index contributed by atoms with van der Waals surface area (Å²) < 4.78 is 2.00.